The zero-order valence-corrected chi connectivity index (χ0v) is 16.4. The number of likely N-dealkylation sites (tertiary alicyclic amines) is 1. The molecule has 2 amide bonds. The smallest absolute Gasteiger partial charge is 0.253 e. The van der Waals surface area contributed by atoms with Crippen molar-refractivity contribution in [1.29, 1.82) is 0 Å². The molecule has 1 aromatic carbocycles. The molecule has 1 atom stereocenters. The van der Waals surface area contributed by atoms with Gasteiger partial charge in [0.15, 0.2) is 0 Å². The van der Waals surface area contributed by atoms with Gasteiger partial charge in [0.25, 0.3) is 5.91 Å². The number of piperidine rings is 1. The molecule has 1 unspecified atom stereocenters. The van der Waals surface area contributed by atoms with Crippen molar-refractivity contribution in [3.63, 3.8) is 0 Å². The van der Waals surface area contributed by atoms with E-state index in [1.54, 1.807) is 36.1 Å². The van der Waals surface area contributed by atoms with E-state index in [-0.39, 0.29) is 23.5 Å². The fourth-order valence-electron chi connectivity index (χ4n) is 3.08. The van der Waals surface area contributed by atoms with Crippen molar-refractivity contribution in [3.8, 4) is 0 Å². The SMILES string of the molecule is CCCS(=O)(=O)Nc1ccc(C(=O)N2CCCC(C(=O)NCCN)C2)cc1. The molecule has 9 heteroatoms. The molecule has 1 aromatic rings. The van der Waals surface area contributed by atoms with E-state index in [1.807, 2.05) is 0 Å². The van der Waals surface area contributed by atoms with Gasteiger partial charge in [0.1, 0.15) is 0 Å². The van der Waals surface area contributed by atoms with Crippen molar-refractivity contribution >= 4 is 27.5 Å². The van der Waals surface area contributed by atoms with Crippen molar-refractivity contribution < 1.29 is 18.0 Å². The molecule has 150 valence electrons. The van der Waals surface area contributed by atoms with Crippen molar-refractivity contribution in [3.05, 3.63) is 29.8 Å². The van der Waals surface area contributed by atoms with Gasteiger partial charge in [0.05, 0.1) is 11.7 Å². The van der Waals surface area contributed by atoms with Crippen LogP contribution in [0.25, 0.3) is 0 Å². The Morgan fingerprint density at radius 1 is 1.26 bits per heavy atom. The molecular formula is C18H28N4O4S. The largest absolute Gasteiger partial charge is 0.355 e. The minimum Gasteiger partial charge on any atom is -0.355 e. The Bertz CT molecular complexity index is 749. The monoisotopic (exact) mass is 396 g/mol. The molecule has 0 radical (unpaired) electrons. The van der Waals surface area contributed by atoms with E-state index in [0.29, 0.717) is 43.9 Å². The summed E-state index contributed by atoms with van der Waals surface area (Å²) in [6.45, 7) is 3.59. The lowest BCUT2D eigenvalue weighted by Crippen LogP contribution is -2.46. The highest BCUT2D eigenvalue weighted by molar-refractivity contribution is 7.92. The molecule has 1 aliphatic rings. The van der Waals surface area contributed by atoms with Gasteiger partial charge >= 0.3 is 0 Å². The maximum atomic E-state index is 12.7. The Hall–Kier alpha value is -2.13. The summed E-state index contributed by atoms with van der Waals surface area (Å²) in [7, 11) is -3.36. The van der Waals surface area contributed by atoms with Crippen LogP contribution in [0.3, 0.4) is 0 Å². The molecule has 0 spiro atoms. The summed E-state index contributed by atoms with van der Waals surface area (Å²) in [5, 5.41) is 2.77. The summed E-state index contributed by atoms with van der Waals surface area (Å²) in [5.41, 5.74) is 6.30. The topological polar surface area (TPSA) is 122 Å². The Morgan fingerprint density at radius 3 is 2.59 bits per heavy atom. The third-order valence-electron chi connectivity index (χ3n) is 4.40. The highest BCUT2D eigenvalue weighted by Gasteiger charge is 2.28. The molecule has 0 aromatic heterocycles. The fraction of sp³-hybridized carbons (Fsp3) is 0.556. The normalized spacial score (nSPS) is 17.4. The van der Waals surface area contributed by atoms with Crippen molar-refractivity contribution in [2.24, 2.45) is 11.7 Å². The molecule has 8 nitrogen and oxygen atoms in total. The van der Waals surface area contributed by atoms with Gasteiger partial charge in [-0.05, 0) is 43.5 Å². The van der Waals surface area contributed by atoms with Crippen molar-refractivity contribution in [2.75, 3.05) is 36.7 Å². The predicted octanol–water partition coefficient (Wildman–Crippen LogP) is 0.765. The number of hydrogen-bond donors (Lipinski definition) is 3. The molecule has 1 saturated heterocycles. The lowest BCUT2D eigenvalue weighted by atomic mass is 9.96. The van der Waals surface area contributed by atoms with Crippen LogP contribution >= 0.6 is 0 Å². The van der Waals surface area contributed by atoms with Crippen LogP contribution in [-0.4, -0.2) is 57.1 Å². The minimum absolute atomic E-state index is 0.0507. The number of anilines is 1. The third-order valence-corrected chi connectivity index (χ3v) is 5.89. The highest BCUT2D eigenvalue weighted by atomic mass is 32.2. The first-order chi connectivity index (χ1) is 12.9. The van der Waals surface area contributed by atoms with E-state index in [2.05, 4.69) is 10.0 Å². The van der Waals surface area contributed by atoms with Gasteiger partial charge < -0.3 is 16.0 Å². The first-order valence-electron chi connectivity index (χ1n) is 9.24. The zero-order valence-electron chi connectivity index (χ0n) is 15.6. The van der Waals surface area contributed by atoms with Gasteiger partial charge in [-0.2, -0.15) is 0 Å². The summed E-state index contributed by atoms with van der Waals surface area (Å²) in [6.07, 6.45) is 2.04. The Kier molecular flexibility index (Phi) is 7.61. The number of nitrogens with zero attached hydrogens (tertiary/aromatic N) is 1. The molecule has 2 rings (SSSR count). The average molecular weight is 397 g/mol. The maximum Gasteiger partial charge on any atom is 0.253 e. The zero-order chi connectivity index (χ0) is 19.9. The Labute approximate surface area is 160 Å². The number of sulfonamides is 1. The van der Waals surface area contributed by atoms with E-state index in [1.165, 1.54) is 0 Å². The molecule has 1 heterocycles. The number of nitrogens with one attached hydrogen (secondary N) is 2. The van der Waals surface area contributed by atoms with Crippen LogP contribution < -0.4 is 15.8 Å². The predicted molar refractivity (Wildman–Crippen MR) is 105 cm³/mol. The van der Waals surface area contributed by atoms with Crippen LogP contribution in [0.4, 0.5) is 5.69 Å². The van der Waals surface area contributed by atoms with Crippen LogP contribution in [0.15, 0.2) is 24.3 Å². The average Bonchev–Trinajstić information content (AvgIpc) is 2.65. The van der Waals surface area contributed by atoms with E-state index < -0.39 is 10.0 Å². The summed E-state index contributed by atoms with van der Waals surface area (Å²) in [6, 6.07) is 6.36. The maximum absolute atomic E-state index is 12.7. The number of carbonyl (C=O) groups is 2. The van der Waals surface area contributed by atoms with E-state index >= 15 is 0 Å². The Morgan fingerprint density at radius 2 is 1.96 bits per heavy atom. The van der Waals surface area contributed by atoms with E-state index in [4.69, 9.17) is 5.73 Å². The van der Waals surface area contributed by atoms with Gasteiger partial charge in [-0.25, -0.2) is 8.42 Å². The lowest BCUT2D eigenvalue weighted by Gasteiger charge is -2.32. The van der Waals surface area contributed by atoms with Crippen molar-refractivity contribution in [1.82, 2.24) is 10.2 Å². The van der Waals surface area contributed by atoms with E-state index in [0.717, 1.165) is 12.8 Å². The van der Waals surface area contributed by atoms with Gasteiger partial charge in [0, 0.05) is 37.4 Å². The lowest BCUT2D eigenvalue weighted by molar-refractivity contribution is -0.126. The quantitative estimate of drug-likeness (QED) is 0.599. The summed E-state index contributed by atoms with van der Waals surface area (Å²) in [4.78, 5) is 26.5. The molecule has 0 saturated carbocycles. The molecular weight excluding hydrogens is 368 g/mol. The number of benzene rings is 1. The second-order valence-corrected chi connectivity index (χ2v) is 8.51. The fourth-order valence-corrected chi connectivity index (χ4v) is 4.21. The van der Waals surface area contributed by atoms with Gasteiger partial charge in [-0.1, -0.05) is 6.92 Å². The Balaban J connectivity index is 1.99. The molecule has 0 bridgehead atoms. The molecule has 4 N–H and O–H groups in total. The van der Waals surface area contributed by atoms with E-state index in [9.17, 15) is 18.0 Å². The van der Waals surface area contributed by atoms with Crippen LogP contribution in [0.5, 0.6) is 0 Å². The van der Waals surface area contributed by atoms with Crippen LogP contribution in [-0.2, 0) is 14.8 Å². The standard InChI is InChI=1S/C18H28N4O4S/c1-2-12-27(25,26)21-16-7-5-14(6-8-16)18(24)22-11-3-4-15(13-22)17(23)20-10-9-19/h5-8,15,21H,2-4,9-13,19H2,1H3,(H,20,23). The van der Waals surface area contributed by atoms with Crippen LogP contribution in [0.2, 0.25) is 0 Å². The number of carbonyl (C=O) groups excluding carboxylic acids is 2. The van der Waals surface area contributed by atoms with Crippen molar-refractivity contribution in [2.45, 2.75) is 26.2 Å². The first kappa shape index (κ1) is 21.2. The van der Waals surface area contributed by atoms with Gasteiger partial charge in [-0.15, -0.1) is 0 Å². The number of rotatable bonds is 8. The molecule has 1 aliphatic heterocycles. The minimum atomic E-state index is -3.36. The van der Waals surface area contributed by atoms with Crippen LogP contribution in [0.1, 0.15) is 36.5 Å². The number of nitrogens with two attached hydrogens (primary N) is 1. The summed E-state index contributed by atoms with van der Waals surface area (Å²) >= 11 is 0. The second-order valence-electron chi connectivity index (χ2n) is 6.67. The van der Waals surface area contributed by atoms with Crippen LogP contribution in [0, 0.1) is 5.92 Å². The highest BCUT2D eigenvalue weighted by Crippen LogP contribution is 2.20. The number of hydrogen-bond acceptors (Lipinski definition) is 5. The second kappa shape index (κ2) is 9.70. The first-order valence-corrected chi connectivity index (χ1v) is 10.9. The molecule has 27 heavy (non-hydrogen) atoms. The summed E-state index contributed by atoms with van der Waals surface area (Å²) < 4.78 is 26.1. The number of amides is 2. The van der Waals surface area contributed by atoms with Gasteiger partial charge in [-0.3, -0.25) is 14.3 Å². The molecule has 1 fully saturated rings. The van der Waals surface area contributed by atoms with Gasteiger partial charge in [0.2, 0.25) is 15.9 Å². The summed E-state index contributed by atoms with van der Waals surface area (Å²) in [5.74, 6) is -0.406. The third kappa shape index (κ3) is 6.21. The molecule has 0 aliphatic carbocycles.